The molecule has 4 nitrogen and oxygen atoms in total. The van der Waals surface area contributed by atoms with Crippen LogP contribution in [0.5, 0.6) is 5.75 Å². The highest BCUT2D eigenvalue weighted by Crippen LogP contribution is 2.30. The third kappa shape index (κ3) is 1.68. The molecule has 0 amide bonds. The molecular weight excluding hydrogens is 238 g/mol. The van der Waals surface area contributed by atoms with Gasteiger partial charge in [-0.3, -0.25) is 0 Å². The zero-order valence-electron chi connectivity index (χ0n) is 10.6. The van der Waals surface area contributed by atoms with Gasteiger partial charge in [0.25, 0.3) is 0 Å². The molecule has 0 saturated carbocycles. The SMILES string of the molecule is Cc1cnc2nc(-c3ccc4c(c3)CCO4)[nH]c2c1. The molecule has 1 aromatic carbocycles. The molecule has 3 heterocycles. The Hall–Kier alpha value is -2.36. The molecule has 0 fully saturated rings. The molecule has 94 valence electrons. The fourth-order valence-electron chi connectivity index (χ4n) is 2.48. The monoisotopic (exact) mass is 251 g/mol. The number of aromatic amines is 1. The number of ether oxygens (including phenoxy) is 1. The van der Waals surface area contributed by atoms with Crippen LogP contribution in [0.25, 0.3) is 22.6 Å². The zero-order valence-corrected chi connectivity index (χ0v) is 10.6. The van der Waals surface area contributed by atoms with E-state index in [-0.39, 0.29) is 0 Å². The van der Waals surface area contributed by atoms with E-state index in [0.717, 1.165) is 46.9 Å². The van der Waals surface area contributed by atoms with Crippen LogP contribution in [-0.4, -0.2) is 21.6 Å². The second-order valence-corrected chi connectivity index (χ2v) is 4.89. The van der Waals surface area contributed by atoms with E-state index in [1.807, 2.05) is 25.3 Å². The highest BCUT2D eigenvalue weighted by atomic mass is 16.5. The third-order valence-corrected chi connectivity index (χ3v) is 3.44. The Kier molecular flexibility index (Phi) is 2.12. The molecule has 1 N–H and O–H groups in total. The Labute approximate surface area is 110 Å². The topological polar surface area (TPSA) is 50.8 Å². The van der Waals surface area contributed by atoms with E-state index in [9.17, 15) is 0 Å². The average molecular weight is 251 g/mol. The zero-order chi connectivity index (χ0) is 12.8. The second kappa shape index (κ2) is 3.82. The van der Waals surface area contributed by atoms with Gasteiger partial charge >= 0.3 is 0 Å². The van der Waals surface area contributed by atoms with Gasteiger partial charge in [0, 0.05) is 18.2 Å². The van der Waals surface area contributed by atoms with Gasteiger partial charge in [-0.1, -0.05) is 0 Å². The van der Waals surface area contributed by atoms with E-state index < -0.39 is 0 Å². The van der Waals surface area contributed by atoms with Gasteiger partial charge in [0.15, 0.2) is 5.65 Å². The first kappa shape index (κ1) is 10.6. The van der Waals surface area contributed by atoms with Gasteiger partial charge in [-0.15, -0.1) is 0 Å². The number of benzene rings is 1. The van der Waals surface area contributed by atoms with Gasteiger partial charge in [-0.2, -0.15) is 0 Å². The Morgan fingerprint density at radius 2 is 2.21 bits per heavy atom. The third-order valence-electron chi connectivity index (χ3n) is 3.44. The number of hydrogen-bond acceptors (Lipinski definition) is 3. The van der Waals surface area contributed by atoms with E-state index in [1.165, 1.54) is 5.56 Å². The van der Waals surface area contributed by atoms with E-state index >= 15 is 0 Å². The highest BCUT2D eigenvalue weighted by molar-refractivity contribution is 5.76. The van der Waals surface area contributed by atoms with Crippen LogP contribution in [0.4, 0.5) is 0 Å². The van der Waals surface area contributed by atoms with Crippen molar-refractivity contribution < 1.29 is 4.74 Å². The summed E-state index contributed by atoms with van der Waals surface area (Å²) in [6, 6.07) is 8.26. The first-order chi connectivity index (χ1) is 9.29. The minimum atomic E-state index is 0.761. The van der Waals surface area contributed by atoms with Gasteiger partial charge in [-0.25, -0.2) is 9.97 Å². The quantitative estimate of drug-likeness (QED) is 0.723. The molecule has 1 aliphatic heterocycles. The predicted molar refractivity (Wildman–Crippen MR) is 73.3 cm³/mol. The van der Waals surface area contributed by atoms with Crippen molar-refractivity contribution in [3.8, 4) is 17.1 Å². The molecule has 0 radical (unpaired) electrons. The van der Waals surface area contributed by atoms with Crippen LogP contribution in [0, 0.1) is 6.92 Å². The first-order valence-electron chi connectivity index (χ1n) is 6.38. The van der Waals surface area contributed by atoms with Crippen LogP contribution in [0.1, 0.15) is 11.1 Å². The van der Waals surface area contributed by atoms with Gasteiger partial charge in [-0.05, 0) is 42.3 Å². The Morgan fingerprint density at radius 1 is 1.26 bits per heavy atom. The normalized spacial score (nSPS) is 13.5. The number of pyridine rings is 1. The van der Waals surface area contributed by atoms with Crippen LogP contribution in [0.2, 0.25) is 0 Å². The standard InChI is InChI=1S/C15H13N3O/c1-9-6-12-15(16-8-9)18-14(17-12)11-2-3-13-10(7-11)4-5-19-13/h2-3,6-8H,4-5H2,1H3,(H,16,17,18). The lowest BCUT2D eigenvalue weighted by atomic mass is 10.1. The van der Waals surface area contributed by atoms with E-state index in [2.05, 4.69) is 27.1 Å². The molecule has 19 heavy (non-hydrogen) atoms. The molecule has 0 atom stereocenters. The average Bonchev–Trinajstić information content (AvgIpc) is 3.02. The molecule has 1 aliphatic rings. The Morgan fingerprint density at radius 3 is 3.16 bits per heavy atom. The van der Waals surface area contributed by atoms with Gasteiger partial charge in [0.1, 0.15) is 11.6 Å². The molecule has 2 aromatic heterocycles. The summed E-state index contributed by atoms with van der Waals surface area (Å²) in [6.07, 6.45) is 2.81. The van der Waals surface area contributed by atoms with Crippen molar-refractivity contribution in [2.45, 2.75) is 13.3 Å². The molecule has 4 heteroatoms. The minimum Gasteiger partial charge on any atom is -0.493 e. The number of aryl methyl sites for hydroxylation is 1. The van der Waals surface area contributed by atoms with Crippen molar-refractivity contribution in [2.75, 3.05) is 6.61 Å². The minimum absolute atomic E-state index is 0.761. The lowest BCUT2D eigenvalue weighted by Crippen LogP contribution is -1.85. The molecule has 3 aromatic rings. The molecule has 0 unspecified atom stereocenters. The summed E-state index contributed by atoms with van der Waals surface area (Å²) in [5, 5.41) is 0. The van der Waals surface area contributed by atoms with Crippen molar-refractivity contribution in [2.24, 2.45) is 0 Å². The first-order valence-corrected chi connectivity index (χ1v) is 6.38. The van der Waals surface area contributed by atoms with Crippen molar-refractivity contribution in [1.82, 2.24) is 15.0 Å². The number of rotatable bonds is 1. The molecular formula is C15H13N3O. The van der Waals surface area contributed by atoms with Crippen molar-refractivity contribution >= 4 is 11.2 Å². The number of hydrogen-bond donors (Lipinski definition) is 1. The smallest absolute Gasteiger partial charge is 0.178 e. The molecule has 0 bridgehead atoms. The van der Waals surface area contributed by atoms with Crippen molar-refractivity contribution in [3.63, 3.8) is 0 Å². The number of H-pyrrole nitrogens is 1. The van der Waals surface area contributed by atoms with Gasteiger partial charge < -0.3 is 9.72 Å². The summed E-state index contributed by atoms with van der Waals surface area (Å²) in [6.45, 7) is 2.80. The summed E-state index contributed by atoms with van der Waals surface area (Å²) in [4.78, 5) is 12.2. The maximum absolute atomic E-state index is 5.52. The maximum atomic E-state index is 5.52. The lowest BCUT2D eigenvalue weighted by molar-refractivity contribution is 0.357. The Balaban J connectivity index is 1.85. The fourth-order valence-corrected chi connectivity index (χ4v) is 2.48. The van der Waals surface area contributed by atoms with E-state index in [4.69, 9.17) is 4.74 Å². The van der Waals surface area contributed by atoms with Gasteiger partial charge in [0.2, 0.25) is 0 Å². The van der Waals surface area contributed by atoms with Crippen molar-refractivity contribution in [3.05, 3.63) is 41.6 Å². The number of nitrogens with zero attached hydrogens (tertiary/aromatic N) is 2. The predicted octanol–water partition coefficient (Wildman–Crippen LogP) is 2.87. The van der Waals surface area contributed by atoms with Crippen LogP contribution in [0.15, 0.2) is 30.5 Å². The van der Waals surface area contributed by atoms with Crippen LogP contribution >= 0.6 is 0 Å². The number of fused-ring (bicyclic) bond motifs is 2. The molecule has 0 saturated heterocycles. The summed E-state index contributed by atoms with van der Waals surface area (Å²) in [5.74, 6) is 1.86. The van der Waals surface area contributed by atoms with Gasteiger partial charge in [0.05, 0.1) is 12.1 Å². The van der Waals surface area contributed by atoms with Crippen molar-refractivity contribution in [1.29, 1.82) is 0 Å². The van der Waals surface area contributed by atoms with E-state index in [0.29, 0.717) is 0 Å². The lowest BCUT2D eigenvalue weighted by Gasteiger charge is -2.00. The Bertz CT molecular complexity index is 776. The van der Waals surface area contributed by atoms with Crippen LogP contribution < -0.4 is 4.74 Å². The van der Waals surface area contributed by atoms with Crippen LogP contribution in [-0.2, 0) is 6.42 Å². The summed E-state index contributed by atoms with van der Waals surface area (Å²) < 4.78 is 5.52. The van der Waals surface area contributed by atoms with E-state index in [1.54, 1.807) is 0 Å². The number of imidazole rings is 1. The second-order valence-electron chi connectivity index (χ2n) is 4.89. The fraction of sp³-hybridized carbons (Fsp3) is 0.200. The largest absolute Gasteiger partial charge is 0.493 e. The number of nitrogens with one attached hydrogen (secondary N) is 1. The summed E-state index contributed by atoms with van der Waals surface area (Å²) in [7, 11) is 0. The molecule has 4 rings (SSSR count). The maximum Gasteiger partial charge on any atom is 0.178 e. The summed E-state index contributed by atoms with van der Waals surface area (Å²) >= 11 is 0. The summed E-state index contributed by atoms with van der Waals surface area (Å²) in [5.41, 5.74) is 5.20. The molecule has 0 spiro atoms. The highest BCUT2D eigenvalue weighted by Gasteiger charge is 2.14. The number of aromatic nitrogens is 3. The van der Waals surface area contributed by atoms with Crippen LogP contribution in [0.3, 0.4) is 0 Å². The molecule has 0 aliphatic carbocycles.